The molecule has 0 aliphatic carbocycles. The van der Waals surface area contributed by atoms with Crippen molar-refractivity contribution in [3.63, 3.8) is 0 Å². The Balaban J connectivity index is 1.74. The van der Waals surface area contributed by atoms with Gasteiger partial charge in [-0.1, -0.05) is 6.07 Å². The number of fused-ring (bicyclic) bond motifs is 1. The van der Waals surface area contributed by atoms with E-state index in [1.54, 1.807) is 0 Å². The van der Waals surface area contributed by atoms with Crippen LogP contribution in [0.25, 0.3) is 11.1 Å². The lowest BCUT2D eigenvalue weighted by atomic mass is 10.1. The highest BCUT2D eigenvalue weighted by Crippen LogP contribution is 2.23. The maximum absolute atomic E-state index is 5.84. The van der Waals surface area contributed by atoms with Crippen LogP contribution in [0.3, 0.4) is 0 Å². The number of hydrogen-bond acceptors (Lipinski definition) is 4. The van der Waals surface area contributed by atoms with Crippen LogP contribution < -0.4 is 5.73 Å². The number of nitrogens with zero attached hydrogens (tertiary/aromatic N) is 1. The highest BCUT2D eigenvalue weighted by atomic mass is 16.5. The molecule has 1 unspecified atom stereocenters. The van der Waals surface area contributed by atoms with Crippen molar-refractivity contribution in [2.45, 2.75) is 31.8 Å². The fourth-order valence-electron chi connectivity index (χ4n) is 2.28. The molecule has 1 saturated heterocycles. The zero-order valence-corrected chi connectivity index (χ0v) is 9.69. The first-order valence-electron chi connectivity index (χ1n) is 6.08. The first kappa shape index (κ1) is 10.6. The average Bonchev–Trinajstić information content (AvgIpc) is 2.95. The van der Waals surface area contributed by atoms with E-state index in [1.807, 2.05) is 18.2 Å². The zero-order valence-electron chi connectivity index (χ0n) is 9.69. The van der Waals surface area contributed by atoms with Crippen LogP contribution in [-0.4, -0.2) is 17.7 Å². The summed E-state index contributed by atoms with van der Waals surface area (Å²) in [6.45, 7) is 0.894. The van der Waals surface area contributed by atoms with Gasteiger partial charge in [-0.25, -0.2) is 4.98 Å². The minimum Gasteiger partial charge on any atom is -0.441 e. The van der Waals surface area contributed by atoms with Gasteiger partial charge in [0.15, 0.2) is 11.5 Å². The summed E-state index contributed by atoms with van der Waals surface area (Å²) < 4.78 is 11.2. The molecule has 0 amide bonds. The molecule has 1 aliphatic rings. The summed E-state index contributed by atoms with van der Waals surface area (Å²) >= 11 is 0. The lowest BCUT2D eigenvalue weighted by Gasteiger charge is -2.05. The normalized spacial score (nSPS) is 20.1. The number of oxazole rings is 1. The molecule has 0 spiro atoms. The summed E-state index contributed by atoms with van der Waals surface area (Å²) in [7, 11) is 0. The summed E-state index contributed by atoms with van der Waals surface area (Å²) in [5.74, 6) is 0.758. The predicted octanol–water partition coefficient (Wildman–Crippen LogP) is 2.52. The van der Waals surface area contributed by atoms with Gasteiger partial charge < -0.3 is 14.9 Å². The Bertz CT molecular complexity index is 515. The first-order valence-corrected chi connectivity index (χ1v) is 6.08. The molecule has 90 valence electrons. The smallest absolute Gasteiger partial charge is 0.195 e. The highest BCUT2D eigenvalue weighted by molar-refractivity contribution is 5.85. The molecule has 0 radical (unpaired) electrons. The van der Waals surface area contributed by atoms with Gasteiger partial charge in [0.05, 0.1) is 11.8 Å². The Hall–Kier alpha value is -1.55. The third kappa shape index (κ3) is 2.13. The predicted molar refractivity (Wildman–Crippen MR) is 65.7 cm³/mol. The number of rotatable bonds is 3. The number of anilines is 1. The SMILES string of the molecule is Nc1cccc2oc(CCC3CCCO3)nc12. The standard InChI is InChI=1S/C13H16N2O2/c14-10-4-1-5-11-13(10)15-12(17-11)7-6-9-3-2-8-16-9/h1,4-5,9H,2-3,6-8,14H2. The maximum Gasteiger partial charge on any atom is 0.195 e. The van der Waals surface area contributed by atoms with Gasteiger partial charge in [-0.15, -0.1) is 0 Å². The van der Waals surface area contributed by atoms with E-state index in [2.05, 4.69) is 4.98 Å². The van der Waals surface area contributed by atoms with Gasteiger partial charge in [-0.05, 0) is 31.4 Å². The lowest BCUT2D eigenvalue weighted by molar-refractivity contribution is 0.103. The second kappa shape index (κ2) is 4.37. The van der Waals surface area contributed by atoms with Crippen LogP contribution in [0.15, 0.2) is 22.6 Å². The Morgan fingerprint density at radius 3 is 3.12 bits per heavy atom. The van der Waals surface area contributed by atoms with Crippen molar-refractivity contribution < 1.29 is 9.15 Å². The molecule has 3 rings (SSSR count). The second-order valence-electron chi connectivity index (χ2n) is 4.48. The average molecular weight is 232 g/mol. The van der Waals surface area contributed by atoms with Crippen LogP contribution in [0.2, 0.25) is 0 Å². The largest absolute Gasteiger partial charge is 0.441 e. The Labute approximate surface area is 99.8 Å². The summed E-state index contributed by atoms with van der Waals surface area (Å²) in [4.78, 5) is 4.43. The monoisotopic (exact) mass is 232 g/mol. The fourth-order valence-corrected chi connectivity index (χ4v) is 2.28. The van der Waals surface area contributed by atoms with E-state index in [9.17, 15) is 0 Å². The van der Waals surface area contributed by atoms with Gasteiger partial charge in [0.1, 0.15) is 5.52 Å². The molecule has 0 bridgehead atoms. The van der Waals surface area contributed by atoms with Crippen molar-refractivity contribution in [2.24, 2.45) is 0 Å². The van der Waals surface area contributed by atoms with Gasteiger partial charge >= 0.3 is 0 Å². The van der Waals surface area contributed by atoms with E-state index in [0.717, 1.165) is 42.9 Å². The Morgan fingerprint density at radius 2 is 2.35 bits per heavy atom. The molecule has 1 aromatic heterocycles. The van der Waals surface area contributed by atoms with Crippen LogP contribution in [0.4, 0.5) is 5.69 Å². The fraction of sp³-hybridized carbons (Fsp3) is 0.462. The number of aryl methyl sites for hydroxylation is 1. The number of benzene rings is 1. The van der Waals surface area contributed by atoms with Crippen molar-refractivity contribution in [1.82, 2.24) is 4.98 Å². The van der Waals surface area contributed by atoms with E-state index in [1.165, 1.54) is 6.42 Å². The molecule has 4 nitrogen and oxygen atoms in total. The van der Waals surface area contributed by atoms with Crippen molar-refractivity contribution in [3.05, 3.63) is 24.1 Å². The minimum atomic E-state index is 0.377. The molecule has 0 saturated carbocycles. The van der Waals surface area contributed by atoms with Crippen molar-refractivity contribution in [1.29, 1.82) is 0 Å². The van der Waals surface area contributed by atoms with Crippen LogP contribution in [0.5, 0.6) is 0 Å². The molecular weight excluding hydrogens is 216 g/mol. The Kier molecular flexibility index (Phi) is 2.73. The third-order valence-corrected chi connectivity index (χ3v) is 3.20. The molecule has 2 aromatic rings. The van der Waals surface area contributed by atoms with Crippen LogP contribution >= 0.6 is 0 Å². The number of nitrogen functional groups attached to an aromatic ring is 1. The summed E-state index contributed by atoms with van der Waals surface area (Å²) in [5.41, 5.74) is 8.06. The lowest BCUT2D eigenvalue weighted by Crippen LogP contribution is -2.06. The number of nitrogens with two attached hydrogens (primary N) is 1. The second-order valence-corrected chi connectivity index (χ2v) is 4.48. The molecule has 2 heterocycles. The molecule has 4 heteroatoms. The summed E-state index contributed by atoms with van der Waals surface area (Å²) in [6, 6.07) is 5.62. The molecule has 1 aliphatic heterocycles. The van der Waals surface area contributed by atoms with E-state index in [-0.39, 0.29) is 0 Å². The molecule has 1 fully saturated rings. The number of aromatic nitrogens is 1. The molecule has 17 heavy (non-hydrogen) atoms. The third-order valence-electron chi connectivity index (χ3n) is 3.20. The Morgan fingerprint density at radius 1 is 1.41 bits per heavy atom. The zero-order chi connectivity index (χ0) is 11.7. The molecule has 1 aromatic carbocycles. The van der Waals surface area contributed by atoms with E-state index in [0.29, 0.717) is 11.8 Å². The number of para-hydroxylation sites is 1. The molecule has 1 atom stereocenters. The highest BCUT2D eigenvalue weighted by Gasteiger charge is 2.17. The van der Waals surface area contributed by atoms with Crippen molar-refractivity contribution >= 4 is 16.8 Å². The summed E-state index contributed by atoms with van der Waals surface area (Å²) in [5, 5.41) is 0. The molecule has 2 N–H and O–H groups in total. The maximum atomic E-state index is 5.84. The topological polar surface area (TPSA) is 61.3 Å². The quantitative estimate of drug-likeness (QED) is 0.826. The molecular formula is C13H16N2O2. The minimum absolute atomic E-state index is 0.377. The van der Waals surface area contributed by atoms with Crippen LogP contribution in [0.1, 0.15) is 25.2 Å². The van der Waals surface area contributed by atoms with Crippen LogP contribution in [0, 0.1) is 0 Å². The number of ether oxygens (including phenoxy) is 1. The van der Waals surface area contributed by atoms with Gasteiger partial charge in [0.2, 0.25) is 0 Å². The first-order chi connectivity index (χ1) is 8.33. The summed E-state index contributed by atoms with van der Waals surface area (Å²) in [6.07, 6.45) is 4.50. The number of hydrogen-bond donors (Lipinski definition) is 1. The van der Waals surface area contributed by atoms with Gasteiger partial charge in [0, 0.05) is 13.0 Å². The van der Waals surface area contributed by atoms with E-state index >= 15 is 0 Å². The van der Waals surface area contributed by atoms with Crippen LogP contribution in [-0.2, 0) is 11.2 Å². The van der Waals surface area contributed by atoms with Crippen molar-refractivity contribution in [2.75, 3.05) is 12.3 Å². The van der Waals surface area contributed by atoms with E-state index in [4.69, 9.17) is 14.9 Å². The van der Waals surface area contributed by atoms with E-state index < -0.39 is 0 Å². The van der Waals surface area contributed by atoms with Gasteiger partial charge in [-0.3, -0.25) is 0 Å². The van der Waals surface area contributed by atoms with Gasteiger partial charge in [0.25, 0.3) is 0 Å². The van der Waals surface area contributed by atoms with Crippen molar-refractivity contribution in [3.8, 4) is 0 Å². The van der Waals surface area contributed by atoms with Gasteiger partial charge in [-0.2, -0.15) is 0 Å².